The third-order valence-electron chi connectivity index (χ3n) is 3.02. The normalized spacial score (nSPS) is 12.6. The molecule has 1 N–H and O–H groups in total. The van der Waals surface area contributed by atoms with Gasteiger partial charge in [0.15, 0.2) is 0 Å². The molecule has 2 rings (SSSR count). The van der Waals surface area contributed by atoms with Crippen LogP contribution in [0.3, 0.4) is 0 Å². The van der Waals surface area contributed by atoms with Crippen LogP contribution in [0.25, 0.3) is 0 Å². The minimum Gasteiger partial charge on any atom is -0.305 e. The van der Waals surface area contributed by atoms with Gasteiger partial charge in [-0.1, -0.05) is 19.1 Å². The predicted molar refractivity (Wildman–Crippen MR) is 77.5 cm³/mol. The van der Waals surface area contributed by atoms with Gasteiger partial charge in [-0.2, -0.15) is 5.10 Å². The molecular formula is C14H17BrFN3. The largest absolute Gasteiger partial charge is 0.305 e. The first-order valence-electron chi connectivity index (χ1n) is 6.37. The molecular weight excluding hydrogens is 309 g/mol. The third-order valence-corrected chi connectivity index (χ3v) is 3.63. The van der Waals surface area contributed by atoms with Gasteiger partial charge >= 0.3 is 0 Å². The molecule has 0 radical (unpaired) electrons. The van der Waals surface area contributed by atoms with E-state index >= 15 is 0 Å². The monoisotopic (exact) mass is 325 g/mol. The van der Waals surface area contributed by atoms with Gasteiger partial charge in [-0.15, -0.1) is 0 Å². The van der Waals surface area contributed by atoms with E-state index in [4.69, 9.17) is 0 Å². The molecule has 1 aromatic carbocycles. The van der Waals surface area contributed by atoms with Crippen LogP contribution in [0.15, 0.2) is 34.9 Å². The van der Waals surface area contributed by atoms with Crippen molar-refractivity contribution in [3.8, 4) is 0 Å². The van der Waals surface area contributed by atoms with Gasteiger partial charge < -0.3 is 5.32 Å². The zero-order chi connectivity index (χ0) is 13.8. The summed E-state index contributed by atoms with van der Waals surface area (Å²) in [5, 5.41) is 7.76. The second-order valence-electron chi connectivity index (χ2n) is 4.24. The Morgan fingerprint density at radius 2 is 2.00 bits per heavy atom. The fraction of sp³-hybridized carbons (Fsp3) is 0.357. The second kappa shape index (κ2) is 6.30. The topological polar surface area (TPSA) is 29.9 Å². The Hall–Kier alpha value is -1.20. The van der Waals surface area contributed by atoms with Gasteiger partial charge in [0.1, 0.15) is 5.82 Å². The van der Waals surface area contributed by atoms with Gasteiger partial charge in [0.25, 0.3) is 0 Å². The average molecular weight is 326 g/mol. The van der Waals surface area contributed by atoms with Crippen molar-refractivity contribution in [2.75, 3.05) is 6.54 Å². The molecule has 1 atom stereocenters. The van der Waals surface area contributed by atoms with Crippen molar-refractivity contribution in [1.82, 2.24) is 15.1 Å². The summed E-state index contributed by atoms with van der Waals surface area (Å²) >= 11 is 3.54. The van der Waals surface area contributed by atoms with Gasteiger partial charge in [-0.3, -0.25) is 4.68 Å². The molecule has 1 heterocycles. The highest BCUT2D eigenvalue weighted by molar-refractivity contribution is 9.10. The van der Waals surface area contributed by atoms with E-state index in [1.54, 1.807) is 6.20 Å². The lowest BCUT2D eigenvalue weighted by Gasteiger charge is -2.20. The van der Waals surface area contributed by atoms with Crippen LogP contribution < -0.4 is 5.32 Å². The SMILES string of the molecule is CCNC(c1ccc(F)cc1)c1c(Br)cnn1CC. The molecule has 1 unspecified atom stereocenters. The standard InChI is InChI=1S/C14H17BrFN3/c1-3-17-13(10-5-7-11(16)8-6-10)14-12(15)9-18-19(14)4-2/h5-9,13,17H,3-4H2,1-2H3. The minimum absolute atomic E-state index is 0.00225. The Morgan fingerprint density at radius 3 is 2.58 bits per heavy atom. The van der Waals surface area contributed by atoms with Gasteiger partial charge in [0.2, 0.25) is 0 Å². The van der Waals surface area contributed by atoms with Crippen LogP contribution in [0.5, 0.6) is 0 Å². The molecule has 102 valence electrons. The first-order valence-corrected chi connectivity index (χ1v) is 7.16. The number of aryl methyl sites for hydroxylation is 1. The molecule has 1 aromatic heterocycles. The average Bonchev–Trinajstić information content (AvgIpc) is 2.78. The van der Waals surface area contributed by atoms with Crippen molar-refractivity contribution in [2.45, 2.75) is 26.4 Å². The summed E-state index contributed by atoms with van der Waals surface area (Å²) in [6.07, 6.45) is 1.80. The second-order valence-corrected chi connectivity index (χ2v) is 5.09. The minimum atomic E-state index is -0.220. The number of nitrogens with zero attached hydrogens (tertiary/aromatic N) is 2. The molecule has 19 heavy (non-hydrogen) atoms. The van der Waals surface area contributed by atoms with E-state index in [-0.39, 0.29) is 11.9 Å². The van der Waals surface area contributed by atoms with Gasteiger partial charge in [0, 0.05) is 6.54 Å². The highest BCUT2D eigenvalue weighted by Crippen LogP contribution is 2.28. The van der Waals surface area contributed by atoms with Crippen LogP contribution >= 0.6 is 15.9 Å². The van der Waals surface area contributed by atoms with Crippen LogP contribution in [0, 0.1) is 5.82 Å². The quantitative estimate of drug-likeness (QED) is 0.911. The first-order chi connectivity index (χ1) is 9.17. The number of hydrogen-bond acceptors (Lipinski definition) is 2. The van der Waals surface area contributed by atoms with Crippen LogP contribution in [0.1, 0.15) is 31.1 Å². The van der Waals surface area contributed by atoms with E-state index < -0.39 is 0 Å². The molecule has 0 bridgehead atoms. The third kappa shape index (κ3) is 3.04. The number of hydrogen-bond donors (Lipinski definition) is 1. The van der Waals surface area contributed by atoms with Gasteiger partial charge in [0.05, 0.1) is 22.4 Å². The molecule has 0 aliphatic heterocycles. The van der Waals surface area contributed by atoms with Crippen molar-refractivity contribution in [3.05, 3.63) is 52.0 Å². The molecule has 0 aliphatic rings. The molecule has 0 saturated carbocycles. The molecule has 0 amide bonds. The van der Waals surface area contributed by atoms with Crippen molar-refractivity contribution in [3.63, 3.8) is 0 Å². The van der Waals surface area contributed by atoms with Gasteiger partial charge in [-0.25, -0.2) is 4.39 Å². The maximum atomic E-state index is 13.1. The summed E-state index contributed by atoms with van der Waals surface area (Å²) in [5.41, 5.74) is 2.09. The Labute approximate surface area is 121 Å². The zero-order valence-electron chi connectivity index (χ0n) is 11.0. The van der Waals surface area contributed by atoms with Crippen molar-refractivity contribution < 1.29 is 4.39 Å². The highest BCUT2D eigenvalue weighted by atomic mass is 79.9. The lowest BCUT2D eigenvalue weighted by molar-refractivity contribution is 0.539. The van der Waals surface area contributed by atoms with E-state index in [1.165, 1.54) is 12.1 Å². The van der Waals surface area contributed by atoms with Gasteiger partial charge in [-0.05, 0) is 47.1 Å². The maximum absolute atomic E-state index is 13.1. The summed E-state index contributed by atoms with van der Waals surface area (Å²) in [4.78, 5) is 0. The maximum Gasteiger partial charge on any atom is 0.123 e. The smallest absolute Gasteiger partial charge is 0.123 e. The highest BCUT2D eigenvalue weighted by Gasteiger charge is 2.20. The summed E-state index contributed by atoms with van der Waals surface area (Å²) < 4.78 is 16.0. The zero-order valence-corrected chi connectivity index (χ0v) is 12.6. The lowest BCUT2D eigenvalue weighted by Crippen LogP contribution is -2.25. The Morgan fingerprint density at radius 1 is 1.32 bits per heavy atom. The van der Waals surface area contributed by atoms with E-state index in [0.29, 0.717) is 0 Å². The van der Waals surface area contributed by atoms with Crippen LogP contribution in [0.4, 0.5) is 4.39 Å². The first kappa shape index (κ1) is 14.2. The molecule has 5 heteroatoms. The van der Waals surface area contributed by atoms with E-state index in [0.717, 1.165) is 28.8 Å². The number of benzene rings is 1. The molecule has 3 nitrogen and oxygen atoms in total. The van der Waals surface area contributed by atoms with Crippen molar-refractivity contribution in [2.24, 2.45) is 0 Å². The number of nitrogens with one attached hydrogen (secondary N) is 1. The number of halogens is 2. The fourth-order valence-corrected chi connectivity index (χ4v) is 2.67. The summed E-state index contributed by atoms with van der Waals surface area (Å²) in [5.74, 6) is -0.220. The molecule has 0 fully saturated rings. The summed E-state index contributed by atoms with van der Waals surface area (Å²) in [6, 6.07) is 6.59. The van der Waals surface area contributed by atoms with Crippen LogP contribution in [0.2, 0.25) is 0 Å². The summed E-state index contributed by atoms with van der Waals surface area (Å²) in [6.45, 7) is 5.72. The Kier molecular flexibility index (Phi) is 4.71. The van der Waals surface area contributed by atoms with E-state index in [2.05, 4.69) is 40.2 Å². The van der Waals surface area contributed by atoms with Crippen LogP contribution in [-0.4, -0.2) is 16.3 Å². The van der Waals surface area contributed by atoms with Crippen molar-refractivity contribution >= 4 is 15.9 Å². The molecule has 0 aliphatic carbocycles. The number of aromatic nitrogens is 2. The summed E-state index contributed by atoms with van der Waals surface area (Å²) in [7, 11) is 0. The van der Waals surface area contributed by atoms with E-state index in [1.807, 2.05) is 16.8 Å². The van der Waals surface area contributed by atoms with Crippen molar-refractivity contribution in [1.29, 1.82) is 0 Å². The van der Waals surface area contributed by atoms with E-state index in [9.17, 15) is 4.39 Å². The molecule has 0 saturated heterocycles. The Balaban J connectivity index is 2.44. The predicted octanol–water partition coefficient (Wildman–Crippen LogP) is 3.50. The lowest BCUT2D eigenvalue weighted by atomic mass is 10.0. The van der Waals surface area contributed by atoms with Crippen LogP contribution in [-0.2, 0) is 6.54 Å². The molecule has 2 aromatic rings. The fourth-order valence-electron chi connectivity index (χ4n) is 2.14. The number of rotatable bonds is 5. The molecule has 0 spiro atoms. The Bertz CT molecular complexity index is 536.